The van der Waals surface area contributed by atoms with Gasteiger partial charge in [-0.25, -0.2) is 0 Å². The predicted octanol–water partition coefficient (Wildman–Crippen LogP) is 3.72. The van der Waals surface area contributed by atoms with E-state index in [1.165, 1.54) is 12.8 Å². The van der Waals surface area contributed by atoms with Gasteiger partial charge in [0, 0.05) is 12.6 Å². The first-order valence-electron chi connectivity index (χ1n) is 7.00. The van der Waals surface area contributed by atoms with Gasteiger partial charge in [-0.1, -0.05) is 37.4 Å². The smallest absolute Gasteiger partial charge is 0.256 e. The van der Waals surface area contributed by atoms with E-state index in [2.05, 4.69) is 6.92 Å². The second-order valence-electron chi connectivity index (χ2n) is 5.11. The molecule has 4 heteroatoms. The number of para-hydroxylation sites is 1. The van der Waals surface area contributed by atoms with Gasteiger partial charge in [-0.05, 0) is 31.4 Å². The summed E-state index contributed by atoms with van der Waals surface area (Å²) in [6.45, 7) is 2.96. The maximum absolute atomic E-state index is 12.7. The number of amides is 1. The molecule has 2 rings (SSSR count). The van der Waals surface area contributed by atoms with Gasteiger partial charge in [-0.15, -0.1) is 0 Å². The van der Waals surface area contributed by atoms with Crippen LogP contribution < -0.4 is 5.73 Å². The second-order valence-corrected chi connectivity index (χ2v) is 5.52. The van der Waals surface area contributed by atoms with E-state index >= 15 is 0 Å². The van der Waals surface area contributed by atoms with E-state index < -0.39 is 0 Å². The van der Waals surface area contributed by atoms with Gasteiger partial charge in [0.25, 0.3) is 5.91 Å². The summed E-state index contributed by atoms with van der Waals surface area (Å²) in [5, 5.41) is 0.453. The fourth-order valence-corrected chi connectivity index (χ4v) is 2.92. The van der Waals surface area contributed by atoms with Crippen molar-refractivity contribution in [2.75, 3.05) is 12.3 Å². The molecule has 0 aromatic heterocycles. The monoisotopic (exact) mass is 280 g/mol. The summed E-state index contributed by atoms with van der Waals surface area (Å²) in [6.07, 6.45) is 5.55. The number of halogens is 1. The highest BCUT2D eigenvalue weighted by Gasteiger charge is 2.26. The quantitative estimate of drug-likeness (QED) is 0.839. The molecule has 0 spiro atoms. The number of nitrogens with zero attached hydrogens (tertiary/aromatic N) is 1. The van der Waals surface area contributed by atoms with Crippen molar-refractivity contribution in [2.24, 2.45) is 0 Å². The van der Waals surface area contributed by atoms with Crippen LogP contribution in [0.3, 0.4) is 0 Å². The number of nitrogens with two attached hydrogens (primary N) is 1. The van der Waals surface area contributed by atoms with Gasteiger partial charge in [-0.2, -0.15) is 0 Å². The number of benzene rings is 1. The molecule has 1 unspecified atom stereocenters. The minimum Gasteiger partial charge on any atom is -0.397 e. The predicted molar refractivity (Wildman–Crippen MR) is 79.4 cm³/mol. The molecular formula is C15H21ClN2O. The number of rotatable bonds is 2. The van der Waals surface area contributed by atoms with Crippen LogP contribution in [0.25, 0.3) is 0 Å². The number of likely N-dealkylation sites (tertiary alicyclic amines) is 1. The van der Waals surface area contributed by atoms with E-state index in [1.54, 1.807) is 18.2 Å². The van der Waals surface area contributed by atoms with Crippen LogP contribution in [0, 0.1) is 0 Å². The Kier molecular flexibility index (Phi) is 4.70. The first-order chi connectivity index (χ1) is 9.15. The topological polar surface area (TPSA) is 46.3 Å². The van der Waals surface area contributed by atoms with Gasteiger partial charge in [0.15, 0.2) is 0 Å². The third-order valence-electron chi connectivity index (χ3n) is 3.89. The minimum absolute atomic E-state index is 0.0220. The van der Waals surface area contributed by atoms with E-state index in [-0.39, 0.29) is 5.91 Å². The van der Waals surface area contributed by atoms with Gasteiger partial charge in [-0.3, -0.25) is 4.79 Å². The molecule has 3 nitrogen and oxygen atoms in total. The summed E-state index contributed by atoms with van der Waals surface area (Å²) in [5.74, 6) is 0.0220. The SMILES string of the molecule is CCC1CCCCCN1C(=O)c1cccc(Cl)c1N. The van der Waals surface area contributed by atoms with Crippen molar-refractivity contribution in [1.82, 2.24) is 4.90 Å². The molecule has 1 atom stereocenters. The van der Waals surface area contributed by atoms with Crippen LogP contribution in [0.1, 0.15) is 49.4 Å². The molecule has 1 saturated heterocycles. The largest absolute Gasteiger partial charge is 0.397 e. The van der Waals surface area contributed by atoms with E-state index in [0.717, 1.165) is 25.8 Å². The molecule has 1 aromatic rings. The first kappa shape index (κ1) is 14.2. The molecule has 19 heavy (non-hydrogen) atoms. The minimum atomic E-state index is 0.0220. The Morgan fingerprint density at radius 3 is 2.95 bits per heavy atom. The molecule has 2 N–H and O–H groups in total. The highest BCUT2D eigenvalue weighted by atomic mass is 35.5. The van der Waals surface area contributed by atoms with Gasteiger partial charge in [0.05, 0.1) is 16.3 Å². The average Bonchev–Trinajstić information content (AvgIpc) is 2.66. The zero-order chi connectivity index (χ0) is 13.8. The summed E-state index contributed by atoms with van der Waals surface area (Å²) in [7, 11) is 0. The summed E-state index contributed by atoms with van der Waals surface area (Å²) < 4.78 is 0. The van der Waals surface area contributed by atoms with Gasteiger partial charge in [0.2, 0.25) is 0 Å². The highest BCUT2D eigenvalue weighted by molar-refractivity contribution is 6.33. The van der Waals surface area contributed by atoms with Crippen LogP contribution in [0.2, 0.25) is 5.02 Å². The number of hydrogen-bond acceptors (Lipinski definition) is 2. The molecule has 1 aliphatic heterocycles. The third-order valence-corrected chi connectivity index (χ3v) is 4.22. The number of carbonyl (C=O) groups excluding carboxylic acids is 1. The van der Waals surface area contributed by atoms with Crippen molar-refractivity contribution in [3.8, 4) is 0 Å². The first-order valence-corrected chi connectivity index (χ1v) is 7.38. The van der Waals surface area contributed by atoms with Crippen LogP contribution in [0.5, 0.6) is 0 Å². The van der Waals surface area contributed by atoms with Gasteiger partial charge in [0.1, 0.15) is 0 Å². The van der Waals surface area contributed by atoms with Crippen molar-refractivity contribution < 1.29 is 4.79 Å². The zero-order valence-electron chi connectivity index (χ0n) is 11.4. The van der Waals surface area contributed by atoms with E-state index in [9.17, 15) is 4.79 Å². The molecule has 1 fully saturated rings. The molecule has 1 aliphatic rings. The molecule has 1 heterocycles. The average molecular weight is 281 g/mol. The maximum atomic E-state index is 12.7. The Morgan fingerprint density at radius 2 is 2.21 bits per heavy atom. The molecule has 1 aromatic carbocycles. The molecule has 0 radical (unpaired) electrons. The van der Waals surface area contributed by atoms with Crippen molar-refractivity contribution in [1.29, 1.82) is 0 Å². The van der Waals surface area contributed by atoms with E-state index in [1.807, 2.05) is 4.90 Å². The van der Waals surface area contributed by atoms with Crippen molar-refractivity contribution in [3.05, 3.63) is 28.8 Å². The number of nitrogen functional groups attached to an aromatic ring is 1. The number of hydrogen-bond donors (Lipinski definition) is 1. The summed E-state index contributed by atoms with van der Waals surface area (Å²) >= 11 is 6.00. The second kappa shape index (κ2) is 6.29. The summed E-state index contributed by atoms with van der Waals surface area (Å²) in [5.41, 5.74) is 6.87. The van der Waals surface area contributed by atoms with Crippen LogP contribution >= 0.6 is 11.6 Å². The van der Waals surface area contributed by atoms with Crippen LogP contribution in [-0.4, -0.2) is 23.4 Å². The lowest BCUT2D eigenvalue weighted by Crippen LogP contribution is -2.40. The zero-order valence-corrected chi connectivity index (χ0v) is 12.1. The molecule has 0 aliphatic carbocycles. The summed E-state index contributed by atoms with van der Waals surface area (Å²) in [4.78, 5) is 14.7. The molecule has 0 saturated carbocycles. The van der Waals surface area contributed by atoms with Gasteiger partial charge >= 0.3 is 0 Å². The summed E-state index contributed by atoms with van der Waals surface area (Å²) in [6, 6.07) is 5.59. The molecule has 104 valence electrons. The fraction of sp³-hybridized carbons (Fsp3) is 0.533. The van der Waals surface area contributed by atoms with Crippen molar-refractivity contribution in [2.45, 2.75) is 45.1 Å². The highest BCUT2D eigenvalue weighted by Crippen LogP contribution is 2.27. The molecule has 1 amide bonds. The van der Waals surface area contributed by atoms with Crippen LogP contribution in [0.4, 0.5) is 5.69 Å². The Morgan fingerprint density at radius 1 is 1.42 bits per heavy atom. The Bertz CT molecular complexity index is 461. The van der Waals surface area contributed by atoms with Crippen LogP contribution in [-0.2, 0) is 0 Å². The lowest BCUT2D eigenvalue weighted by atomic mass is 10.1. The van der Waals surface area contributed by atoms with E-state index in [0.29, 0.717) is 22.3 Å². The Labute approximate surface area is 119 Å². The van der Waals surface area contributed by atoms with Crippen molar-refractivity contribution in [3.63, 3.8) is 0 Å². The van der Waals surface area contributed by atoms with Gasteiger partial charge < -0.3 is 10.6 Å². The number of carbonyl (C=O) groups is 1. The lowest BCUT2D eigenvalue weighted by Gasteiger charge is -2.29. The van der Waals surface area contributed by atoms with Crippen molar-refractivity contribution >= 4 is 23.2 Å². The Hall–Kier alpha value is -1.22. The molecule has 0 bridgehead atoms. The third kappa shape index (κ3) is 3.03. The number of anilines is 1. The van der Waals surface area contributed by atoms with Crippen LogP contribution in [0.15, 0.2) is 18.2 Å². The standard InChI is InChI=1S/C15H21ClN2O/c1-2-11-7-4-3-5-10-18(11)15(19)12-8-6-9-13(16)14(12)17/h6,8-9,11H,2-5,7,10,17H2,1H3. The Balaban J connectivity index is 2.28. The lowest BCUT2D eigenvalue weighted by molar-refractivity contribution is 0.0679. The fourth-order valence-electron chi connectivity index (χ4n) is 2.75. The molecular weight excluding hydrogens is 260 g/mol. The van der Waals surface area contributed by atoms with E-state index in [4.69, 9.17) is 17.3 Å². The maximum Gasteiger partial charge on any atom is 0.256 e. The normalized spacial score (nSPS) is 20.1.